The Morgan fingerprint density at radius 3 is 2.80 bits per heavy atom. The Labute approximate surface area is 120 Å². The van der Waals surface area contributed by atoms with Crippen molar-refractivity contribution < 1.29 is 4.74 Å². The van der Waals surface area contributed by atoms with Gasteiger partial charge in [-0.3, -0.25) is 0 Å². The Balaban J connectivity index is 2.08. The summed E-state index contributed by atoms with van der Waals surface area (Å²) >= 11 is 0. The van der Waals surface area contributed by atoms with Crippen molar-refractivity contribution in [1.29, 1.82) is 0 Å². The van der Waals surface area contributed by atoms with Crippen LogP contribution in [0.5, 0.6) is 5.75 Å². The lowest BCUT2D eigenvalue weighted by Crippen LogP contribution is -2.22. The third-order valence-electron chi connectivity index (χ3n) is 3.19. The highest BCUT2D eigenvalue weighted by atomic mass is 16.5. The number of aryl methyl sites for hydroxylation is 2. The molecule has 20 heavy (non-hydrogen) atoms. The molecule has 0 radical (unpaired) electrons. The van der Waals surface area contributed by atoms with E-state index in [-0.39, 0.29) is 0 Å². The standard InChI is InChI=1S/C16H23N3O/c1-12(2)18-10-14-9-13(3)5-6-15(14)20-11-16-17-7-8-19(16)4/h5-9,12,18H,10-11H2,1-4H3. The zero-order valence-electron chi connectivity index (χ0n) is 12.7. The molecule has 0 bridgehead atoms. The summed E-state index contributed by atoms with van der Waals surface area (Å²) in [6, 6.07) is 6.74. The quantitative estimate of drug-likeness (QED) is 0.879. The van der Waals surface area contributed by atoms with Gasteiger partial charge >= 0.3 is 0 Å². The van der Waals surface area contributed by atoms with Gasteiger partial charge in [0.2, 0.25) is 0 Å². The highest BCUT2D eigenvalue weighted by Crippen LogP contribution is 2.21. The largest absolute Gasteiger partial charge is 0.485 e. The zero-order chi connectivity index (χ0) is 14.5. The molecule has 0 spiro atoms. The first-order valence-corrected chi connectivity index (χ1v) is 6.98. The predicted octanol–water partition coefficient (Wildman–Crippen LogP) is 2.81. The number of benzene rings is 1. The summed E-state index contributed by atoms with van der Waals surface area (Å²) in [6.45, 7) is 7.69. The summed E-state index contributed by atoms with van der Waals surface area (Å²) in [4.78, 5) is 4.27. The summed E-state index contributed by atoms with van der Waals surface area (Å²) in [5.74, 6) is 1.85. The Hall–Kier alpha value is -1.81. The fourth-order valence-electron chi connectivity index (χ4n) is 1.98. The fourth-order valence-corrected chi connectivity index (χ4v) is 1.98. The van der Waals surface area contributed by atoms with Crippen molar-refractivity contribution in [2.24, 2.45) is 7.05 Å². The maximum Gasteiger partial charge on any atom is 0.146 e. The third-order valence-corrected chi connectivity index (χ3v) is 3.19. The molecule has 4 heteroatoms. The van der Waals surface area contributed by atoms with Crippen molar-refractivity contribution in [3.8, 4) is 5.75 Å². The summed E-state index contributed by atoms with van der Waals surface area (Å²) in [6.07, 6.45) is 3.71. The highest BCUT2D eigenvalue weighted by molar-refractivity contribution is 5.36. The molecule has 0 saturated carbocycles. The van der Waals surface area contributed by atoms with Gasteiger partial charge in [-0.25, -0.2) is 4.98 Å². The van der Waals surface area contributed by atoms with Crippen molar-refractivity contribution >= 4 is 0 Å². The molecule has 0 aliphatic rings. The van der Waals surface area contributed by atoms with Crippen LogP contribution in [0.2, 0.25) is 0 Å². The second-order valence-electron chi connectivity index (χ2n) is 5.39. The number of hydrogen-bond acceptors (Lipinski definition) is 3. The van der Waals surface area contributed by atoms with E-state index >= 15 is 0 Å². The van der Waals surface area contributed by atoms with Crippen molar-refractivity contribution in [1.82, 2.24) is 14.9 Å². The van der Waals surface area contributed by atoms with E-state index in [0.29, 0.717) is 12.6 Å². The molecule has 0 saturated heterocycles. The summed E-state index contributed by atoms with van der Waals surface area (Å²) in [7, 11) is 1.97. The lowest BCUT2D eigenvalue weighted by molar-refractivity contribution is 0.287. The molecule has 1 N–H and O–H groups in total. The highest BCUT2D eigenvalue weighted by Gasteiger charge is 2.07. The van der Waals surface area contributed by atoms with Gasteiger partial charge in [0.1, 0.15) is 18.2 Å². The molecule has 2 rings (SSSR count). The molecular weight excluding hydrogens is 250 g/mol. The van der Waals surface area contributed by atoms with Crippen LogP contribution in [-0.4, -0.2) is 15.6 Å². The van der Waals surface area contributed by atoms with Crippen molar-refractivity contribution in [3.05, 3.63) is 47.5 Å². The molecule has 108 valence electrons. The van der Waals surface area contributed by atoms with E-state index in [1.54, 1.807) is 6.20 Å². The van der Waals surface area contributed by atoms with E-state index < -0.39 is 0 Å². The number of ether oxygens (including phenoxy) is 1. The van der Waals surface area contributed by atoms with Crippen LogP contribution in [0.25, 0.3) is 0 Å². The van der Waals surface area contributed by atoms with Crippen LogP contribution in [0.4, 0.5) is 0 Å². The van der Waals surface area contributed by atoms with E-state index in [9.17, 15) is 0 Å². The average molecular weight is 273 g/mol. The molecule has 0 amide bonds. The second-order valence-corrected chi connectivity index (χ2v) is 5.39. The third kappa shape index (κ3) is 3.84. The Bertz CT molecular complexity index is 561. The molecule has 0 atom stereocenters. The minimum Gasteiger partial charge on any atom is -0.485 e. The molecule has 0 unspecified atom stereocenters. The van der Waals surface area contributed by atoms with Crippen molar-refractivity contribution in [3.63, 3.8) is 0 Å². The first kappa shape index (κ1) is 14.6. The first-order chi connectivity index (χ1) is 9.56. The van der Waals surface area contributed by atoms with Crippen LogP contribution in [0.3, 0.4) is 0 Å². The van der Waals surface area contributed by atoms with Crippen molar-refractivity contribution in [2.75, 3.05) is 0 Å². The van der Waals surface area contributed by atoms with Gasteiger partial charge in [0.15, 0.2) is 0 Å². The molecular formula is C16H23N3O. The Kier molecular flexibility index (Phi) is 4.79. The molecule has 4 nitrogen and oxygen atoms in total. The Morgan fingerprint density at radius 2 is 2.15 bits per heavy atom. The maximum absolute atomic E-state index is 5.93. The molecule has 1 aromatic carbocycles. The zero-order valence-corrected chi connectivity index (χ0v) is 12.7. The van der Waals surface area contributed by atoms with Gasteiger partial charge in [0, 0.05) is 37.6 Å². The van der Waals surface area contributed by atoms with Crippen LogP contribution in [0.1, 0.15) is 30.8 Å². The summed E-state index contributed by atoms with van der Waals surface area (Å²) < 4.78 is 7.90. The number of rotatable bonds is 6. The van der Waals surface area contributed by atoms with Gasteiger partial charge in [-0.1, -0.05) is 31.5 Å². The lowest BCUT2D eigenvalue weighted by atomic mass is 10.1. The van der Waals surface area contributed by atoms with Crippen LogP contribution in [0, 0.1) is 6.92 Å². The van der Waals surface area contributed by atoms with E-state index in [0.717, 1.165) is 18.1 Å². The molecule has 0 aliphatic carbocycles. The molecule has 2 aromatic rings. The lowest BCUT2D eigenvalue weighted by Gasteiger charge is -2.14. The number of nitrogens with one attached hydrogen (secondary N) is 1. The average Bonchev–Trinajstić information content (AvgIpc) is 2.81. The summed E-state index contributed by atoms with van der Waals surface area (Å²) in [5.41, 5.74) is 2.43. The molecule has 1 heterocycles. The minimum absolute atomic E-state index is 0.456. The van der Waals surface area contributed by atoms with Crippen LogP contribution < -0.4 is 10.1 Å². The summed E-state index contributed by atoms with van der Waals surface area (Å²) in [5, 5.41) is 3.43. The topological polar surface area (TPSA) is 39.1 Å². The van der Waals surface area contributed by atoms with Gasteiger partial charge in [-0.05, 0) is 13.0 Å². The van der Waals surface area contributed by atoms with Crippen LogP contribution in [-0.2, 0) is 20.2 Å². The number of aromatic nitrogens is 2. The monoisotopic (exact) mass is 273 g/mol. The van der Waals surface area contributed by atoms with Gasteiger partial charge in [-0.15, -0.1) is 0 Å². The van der Waals surface area contributed by atoms with Gasteiger partial charge < -0.3 is 14.6 Å². The van der Waals surface area contributed by atoms with E-state index in [2.05, 4.69) is 43.2 Å². The number of hydrogen-bond donors (Lipinski definition) is 1. The first-order valence-electron chi connectivity index (χ1n) is 6.98. The number of imidazole rings is 1. The Morgan fingerprint density at radius 1 is 1.35 bits per heavy atom. The molecule has 0 aliphatic heterocycles. The predicted molar refractivity (Wildman–Crippen MR) is 80.7 cm³/mol. The van der Waals surface area contributed by atoms with Gasteiger partial charge in [-0.2, -0.15) is 0 Å². The number of nitrogens with zero attached hydrogens (tertiary/aromatic N) is 2. The van der Waals surface area contributed by atoms with Crippen molar-refractivity contribution in [2.45, 2.75) is 40.0 Å². The van der Waals surface area contributed by atoms with E-state index in [4.69, 9.17) is 4.74 Å². The second kappa shape index (κ2) is 6.57. The maximum atomic E-state index is 5.93. The van der Waals surface area contributed by atoms with Gasteiger partial charge in [0.25, 0.3) is 0 Å². The SMILES string of the molecule is Cc1ccc(OCc2nccn2C)c(CNC(C)C)c1. The normalized spacial score (nSPS) is 11.1. The van der Waals surface area contributed by atoms with Gasteiger partial charge in [0.05, 0.1) is 0 Å². The van der Waals surface area contributed by atoms with E-state index in [1.165, 1.54) is 11.1 Å². The van der Waals surface area contributed by atoms with E-state index in [1.807, 2.05) is 23.9 Å². The molecule has 0 fully saturated rings. The van der Waals surface area contributed by atoms with Crippen LogP contribution in [0.15, 0.2) is 30.6 Å². The molecule has 1 aromatic heterocycles. The minimum atomic E-state index is 0.456. The van der Waals surface area contributed by atoms with Crippen LogP contribution >= 0.6 is 0 Å². The smallest absolute Gasteiger partial charge is 0.146 e. The fraction of sp³-hybridized carbons (Fsp3) is 0.438.